The quantitative estimate of drug-likeness (QED) is 0.714. The van der Waals surface area contributed by atoms with Crippen LogP contribution < -0.4 is 0 Å². The first-order valence-electron chi connectivity index (χ1n) is 6.93. The molecule has 0 amide bonds. The first-order valence-corrected chi connectivity index (χ1v) is 6.93. The van der Waals surface area contributed by atoms with Gasteiger partial charge in [-0.1, -0.05) is 20.3 Å². The number of carbonyl (C=O) groups excluding carboxylic acids is 1. The van der Waals surface area contributed by atoms with Gasteiger partial charge in [-0.2, -0.15) is 0 Å². The van der Waals surface area contributed by atoms with Gasteiger partial charge in [0.25, 0.3) is 0 Å². The Labute approximate surface area is 99.4 Å². The van der Waals surface area contributed by atoms with Crippen LogP contribution in [-0.2, 0) is 4.79 Å². The Kier molecular flexibility index (Phi) is 4.01. The van der Waals surface area contributed by atoms with Gasteiger partial charge < -0.3 is 0 Å². The Morgan fingerprint density at radius 3 is 2.56 bits per heavy atom. The predicted octanol–water partition coefficient (Wildman–Crippen LogP) is 2.87. The number of Topliss-reactive ketones (excluding diaryl/α,β-unsaturated/α-hetero) is 1. The number of hydrogen-bond acceptors (Lipinski definition) is 2. The molecule has 0 N–H and O–H groups in total. The molecule has 2 aliphatic carbocycles. The monoisotopic (exact) mass is 223 g/mol. The molecule has 92 valence electrons. The van der Waals surface area contributed by atoms with Crippen molar-refractivity contribution < 1.29 is 4.79 Å². The van der Waals surface area contributed by atoms with E-state index in [1.165, 1.54) is 25.8 Å². The van der Waals surface area contributed by atoms with Crippen LogP contribution in [0.3, 0.4) is 0 Å². The molecule has 1 atom stereocenters. The van der Waals surface area contributed by atoms with Crippen molar-refractivity contribution in [2.75, 3.05) is 13.1 Å². The van der Waals surface area contributed by atoms with Crippen molar-refractivity contribution >= 4 is 5.78 Å². The van der Waals surface area contributed by atoms with Crippen LogP contribution in [0.15, 0.2) is 0 Å². The lowest BCUT2D eigenvalue weighted by atomic mass is 9.87. The molecular formula is C14H25NO. The molecule has 0 bridgehead atoms. The van der Waals surface area contributed by atoms with Gasteiger partial charge in [-0.15, -0.1) is 0 Å². The summed E-state index contributed by atoms with van der Waals surface area (Å²) >= 11 is 0. The van der Waals surface area contributed by atoms with Crippen molar-refractivity contribution in [1.82, 2.24) is 4.90 Å². The smallest absolute Gasteiger partial charge is 0.137 e. The minimum absolute atomic E-state index is 0.355. The molecule has 2 nitrogen and oxygen atoms in total. The summed E-state index contributed by atoms with van der Waals surface area (Å²) in [6.07, 6.45) is 7.08. The summed E-state index contributed by atoms with van der Waals surface area (Å²) in [5.74, 6) is 1.60. The summed E-state index contributed by atoms with van der Waals surface area (Å²) < 4.78 is 0. The van der Waals surface area contributed by atoms with Crippen LogP contribution in [0.1, 0.15) is 52.4 Å². The second kappa shape index (κ2) is 5.31. The highest BCUT2D eigenvalue weighted by molar-refractivity contribution is 5.81. The van der Waals surface area contributed by atoms with E-state index in [9.17, 15) is 4.79 Å². The Morgan fingerprint density at radius 2 is 2.00 bits per heavy atom. The molecule has 0 aromatic heterocycles. The number of rotatable bonds is 5. The van der Waals surface area contributed by atoms with E-state index >= 15 is 0 Å². The lowest BCUT2D eigenvalue weighted by Crippen LogP contribution is -2.38. The fraction of sp³-hybridized carbons (Fsp3) is 0.929. The van der Waals surface area contributed by atoms with E-state index in [1.807, 2.05) is 0 Å². The van der Waals surface area contributed by atoms with Crippen molar-refractivity contribution in [3.8, 4) is 0 Å². The summed E-state index contributed by atoms with van der Waals surface area (Å²) in [6.45, 7) is 6.77. The zero-order valence-electron chi connectivity index (χ0n) is 10.7. The standard InChI is InChI=1S/C14H25NO/c1-11(2)9-15(13-7-8-13)10-12-5-3-4-6-14(12)16/h11-13H,3-10H2,1-2H3. The molecule has 1 unspecified atom stereocenters. The second-order valence-corrected chi connectivity index (χ2v) is 5.99. The fourth-order valence-electron chi connectivity index (χ4n) is 2.81. The van der Waals surface area contributed by atoms with Crippen LogP contribution in [0.25, 0.3) is 0 Å². The van der Waals surface area contributed by atoms with E-state index in [1.54, 1.807) is 0 Å². The van der Waals surface area contributed by atoms with E-state index in [4.69, 9.17) is 0 Å². The second-order valence-electron chi connectivity index (χ2n) is 5.99. The molecule has 0 aliphatic heterocycles. The van der Waals surface area contributed by atoms with E-state index in [0.717, 1.165) is 37.8 Å². The number of ketones is 1. The Balaban J connectivity index is 1.86. The molecular weight excluding hydrogens is 198 g/mol. The molecule has 16 heavy (non-hydrogen) atoms. The molecule has 2 heteroatoms. The Morgan fingerprint density at radius 1 is 1.25 bits per heavy atom. The summed E-state index contributed by atoms with van der Waals surface area (Å²) in [5, 5.41) is 0. The molecule has 0 saturated heterocycles. The normalized spacial score (nSPS) is 26.8. The van der Waals surface area contributed by atoms with Crippen LogP contribution in [0.5, 0.6) is 0 Å². The number of nitrogens with zero attached hydrogens (tertiary/aromatic N) is 1. The molecule has 0 aromatic carbocycles. The largest absolute Gasteiger partial charge is 0.299 e. The van der Waals surface area contributed by atoms with Crippen LogP contribution in [-0.4, -0.2) is 29.8 Å². The number of hydrogen-bond donors (Lipinski definition) is 0. The molecule has 0 heterocycles. The SMILES string of the molecule is CC(C)CN(CC1CCCCC1=O)C1CC1. The van der Waals surface area contributed by atoms with Crippen LogP contribution in [0.2, 0.25) is 0 Å². The minimum Gasteiger partial charge on any atom is -0.299 e. The predicted molar refractivity (Wildman–Crippen MR) is 66.4 cm³/mol. The van der Waals surface area contributed by atoms with E-state index in [-0.39, 0.29) is 0 Å². The topological polar surface area (TPSA) is 20.3 Å². The van der Waals surface area contributed by atoms with Crippen molar-refractivity contribution in [2.24, 2.45) is 11.8 Å². The van der Waals surface area contributed by atoms with Gasteiger partial charge in [-0.25, -0.2) is 0 Å². The molecule has 2 fully saturated rings. The van der Waals surface area contributed by atoms with E-state index in [2.05, 4.69) is 18.7 Å². The first kappa shape index (κ1) is 12.1. The van der Waals surface area contributed by atoms with Crippen LogP contribution >= 0.6 is 0 Å². The molecule has 0 spiro atoms. The third-order valence-corrected chi connectivity index (χ3v) is 3.80. The highest BCUT2D eigenvalue weighted by Crippen LogP contribution is 2.30. The molecule has 0 radical (unpaired) electrons. The summed E-state index contributed by atoms with van der Waals surface area (Å²) in [6, 6.07) is 0.803. The highest BCUT2D eigenvalue weighted by atomic mass is 16.1. The average molecular weight is 223 g/mol. The minimum atomic E-state index is 0.355. The van der Waals surface area contributed by atoms with Gasteiger partial charge in [0.05, 0.1) is 0 Å². The summed E-state index contributed by atoms with van der Waals surface area (Å²) in [5.41, 5.74) is 0. The molecule has 2 saturated carbocycles. The molecule has 0 aromatic rings. The fourth-order valence-corrected chi connectivity index (χ4v) is 2.81. The maximum absolute atomic E-state index is 11.8. The van der Waals surface area contributed by atoms with Crippen molar-refractivity contribution in [1.29, 1.82) is 0 Å². The van der Waals surface area contributed by atoms with Gasteiger partial charge in [-0.3, -0.25) is 9.69 Å². The Bertz CT molecular complexity index is 245. The summed E-state index contributed by atoms with van der Waals surface area (Å²) in [4.78, 5) is 14.4. The highest BCUT2D eigenvalue weighted by Gasteiger charge is 2.33. The third kappa shape index (κ3) is 3.31. The van der Waals surface area contributed by atoms with Gasteiger partial charge in [0.1, 0.15) is 5.78 Å². The van der Waals surface area contributed by atoms with Crippen molar-refractivity contribution in [3.05, 3.63) is 0 Å². The van der Waals surface area contributed by atoms with Gasteiger partial charge in [-0.05, 0) is 31.6 Å². The Hall–Kier alpha value is -0.370. The van der Waals surface area contributed by atoms with Gasteiger partial charge in [0.2, 0.25) is 0 Å². The van der Waals surface area contributed by atoms with E-state index < -0.39 is 0 Å². The van der Waals surface area contributed by atoms with Crippen LogP contribution in [0.4, 0.5) is 0 Å². The van der Waals surface area contributed by atoms with Crippen molar-refractivity contribution in [3.63, 3.8) is 0 Å². The van der Waals surface area contributed by atoms with Gasteiger partial charge in [0.15, 0.2) is 0 Å². The summed E-state index contributed by atoms with van der Waals surface area (Å²) in [7, 11) is 0. The van der Waals surface area contributed by atoms with Crippen molar-refractivity contribution in [2.45, 2.75) is 58.4 Å². The number of carbonyl (C=O) groups is 1. The van der Waals surface area contributed by atoms with Crippen LogP contribution in [0, 0.1) is 11.8 Å². The molecule has 2 aliphatic rings. The average Bonchev–Trinajstić information content (AvgIpc) is 3.03. The maximum atomic E-state index is 11.8. The van der Waals surface area contributed by atoms with Gasteiger partial charge in [0, 0.05) is 31.5 Å². The van der Waals surface area contributed by atoms with E-state index in [0.29, 0.717) is 11.7 Å². The zero-order valence-corrected chi connectivity index (χ0v) is 10.7. The lowest BCUT2D eigenvalue weighted by molar-refractivity contribution is -0.125. The first-order chi connectivity index (χ1) is 7.66. The van der Waals surface area contributed by atoms with Gasteiger partial charge >= 0.3 is 0 Å². The third-order valence-electron chi connectivity index (χ3n) is 3.80. The maximum Gasteiger partial charge on any atom is 0.137 e. The zero-order chi connectivity index (χ0) is 11.5. The lowest BCUT2D eigenvalue weighted by Gasteiger charge is -2.30. The molecule has 2 rings (SSSR count).